The molecule has 0 aliphatic heterocycles. The molecule has 0 fully saturated rings. The fourth-order valence-electron chi connectivity index (χ4n) is 0.862. The average Bonchev–Trinajstić information content (AvgIpc) is 2.52. The summed E-state index contributed by atoms with van der Waals surface area (Å²) in [6, 6.07) is 0. The van der Waals surface area contributed by atoms with Crippen molar-refractivity contribution in [2.75, 3.05) is 25.1 Å². The molecule has 0 aromatic carbocycles. The Morgan fingerprint density at radius 3 is 2.93 bits per heavy atom. The second-order valence-corrected chi connectivity index (χ2v) is 2.58. The van der Waals surface area contributed by atoms with Gasteiger partial charge in [0.25, 0.3) is 0 Å². The lowest BCUT2D eigenvalue weighted by atomic mass is 10.6. The van der Waals surface area contributed by atoms with Crippen molar-refractivity contribution < 1.29 is 14.1 Å². The first kappa shape index (κ1) is 10.3. The predicted molar refractivity (Wildman–Crippen MR) is 47.0 cm³/mol. The van der Waals surface area contributed by atoms with E-state index in [1.54, 1.807) is 14.0 Å². The average molecular weight is 201 g/mol. The quantitative estimate of drug-likeness (QED) is 0.652. The van der Waals surface area contributed by atoms with Gasteiger partial charge < -0.3 is 9.64 Å². The Bertz CT molecular complexity index is 356. The van der Waals surface area contributed by atoms with Gasteiger partial charge in [0.15, 0.2) is 0 Å². The van der Waals surface area contributed by atoms with Crippen molar-refractivity contribution >= 4 is 11.9 Å². The Balaban J connectivity index is 2.54. The summed E-state index contributed by atoms with van der Waals surface area (Å²) in [7, 11) is 1.59. The number of carbonyl (C=O) groups excluding carboxylic acids is 1. The minimum Gasteiger partial charge on any atom is -0.465 e. The Morgan fingerprint density at radius 2 is 2.43 bits per heavy atom. The van der Waals surface area contributed by atoms with Crippen LogP contribution < -0.4 is 10.7 Å². The number of hydrogen-bond acceptors (Lipinski definition) is 6. The molecular formula is C7H11N3O4. The number of ether oxygens (including phenoxy) is 1. The molecule has 1 aromatic heterocycles. The Labute approximate surface area is 79.6 Å². The molecule has 0 saturated heterocycles. The fraction of sp³-hybridized carbons (Fsp3) is 0.571. The number of likely N-dealkylation sites (N-methyl/N-ethyl adjacent to an activating group) is 1. The summed E-state index contributed by atoms with van der Waals surface area (Å²) in [4.78, 5) is 25.3. The first-order chi connectivity index (χ1) is 6.63. The van der Waals surface area contributed by atoms with Gasteiger partial charge in [-0.25, -0.2) is 4.79 Å². The number of nitrogens with zero attached hydrogens (tertiary/aromatic N) is 2. The van der Waals surface area contributed by atoms with Gasteiger partial charge in [0.1, 0.15) is 6.54 Å². The number of aromatic amines is 1. The SMILES string of the molecule is CCOC(=O)CN(C)c1noc(=O)[nH]1. The van der Waals surface area contributed by atoms with Gasteiger partial charge in [-0.2, -0.15) is 0 Å². The highest BCUT2D eigenvalue weighted by atomic mass is 16.5. The second-order valence-electron chi connectivity index (χ2n) is 2.58. The van der Waals surface area contributed by atoms with E-state index in [4.69, 9.17) is 4.74 Å². The molecule has 1 rings (SSSR count). The molecule has 0 bridgehead atoms. The van der Waals surface area contributed by atoms with Gasteiger partial charge in [-0.1, -0.05) is 0 Å². The van der Waals surface area contributed by atoms with Gasteiger partial charge in [0.2, 0.25) is 5.95 Å². The van der Waals surface area contributed by atoms with Crippen molar-refractivity contribution in [3.05, 3.63) is 10.6 Å². The molecular weight excluding hydrogens is 190 g/mol. The molecule has 7 nitrogen and oxygen atoms in total. The summed E-state index contributed by atoms with van der Waals surface area (Å²) in [5, 5.41) is 3.40. The Morgan fingerprint density at radius 1 is 1.71 bits per heavy atom. The smallest absolute Gasteiger partial charge is 0.440 e. The largest absolute Gasteiger partial charge is 0.465 e. The van der Waals surface area contributed by atoms with Gasteiger partial charge in [-0.3, -0.25) is 14.3 Å². The number of esters is 1. The molecule has 0 aliphatic rings. The number of aromatic nitrogens is 2. The summed E-state index contributed by atoms with van der Waals surface area (Å²) in [5.41, 5.74) is 0. The van der Waals surface area contributed by atoms with E-state index in [1.807, 2.05) is 0 Å². The normalized spacial score (nSPS) is 9.86. The van der Waals surface area contributed by atoms with E-state index in [0.29, 0.717) is 6.61 Å². The third-order valence-corrected chi connectivity index (χ3v) is 1.46. The van der Waals surface area contributed by atoms with Gasteiger partial charge in [-0.15, -0.1) is 0 Å². The van der Waals surface area contributed by atoms with E-state index in [1.165, 1.54) is 4.90 Å². The third kappa shape index (κ3) is 2.61. The minimum absolute atomic E-state index is 0.0102. The molecule has 0 unspecified atom stereocenters. The molecule has 1 aromatic rings. The third-order valence-electron chi connectivity index (χ3n) is 1.46. The standard InChI is InChI=1S/C7H11N3O4/c1-3-13-5(11)4-10(2)6-8-7(12)14-9-6/h3-4H2,1-2H3,(H,8,9,12). The second kappa shape index (κ2) is 4.45. The molecule has 0 saturated carbocycles. The minimum atomic E-state index is -0.657. The first-order valence-electron chi connectivity index (χ1n) is 4.06. The van der Waals surface area contributed by atoms with Crippen molar-refractivity contribution in [2.45, 2.75) is 6.92 Å². The van der Waals surface area contributed by atoms with E-state index in [0.717, 1.165) is 0 Å². The maximum Gasteiger partial charge on any atom is 0.440 e. The molecule has 0 atom stereocenters. The van der Waals surface area contributed by atoms with E-state index in [-0.39, 0.29) is 18.5 Å². The van der Waals surface area contributed by atoms with Crippen LogP contribution in [-0.4, -0.2) is 36.3 Å². The highest BCUT2D eigenvalue weighted by Crippen LogP contribution is 1.99. The lowest BCUT2D eigenvalue weighted by Crippen LogP contribution is -2.28. The molecule has 1 N–H and O–H groups in total. The Hall–Kier alpha value is -1.79. The van der Waals surface area contributed by atoms with Gasteiger partial charge in [-0.05, 0) is 12.1 Å². The van der Waals surface area contributed by atoms with Crippen LogP contribution in [0.3, 0.4) is 0 Å². The number of H-pyrrole nitrogens is 1. The highest BCUT2D eigenvalue weighted by Gasteiger charge is 2.11. The maximum absolute atomic E-state index is 11.0. The van der Waals surface area contributed by atoms with Crippen LogP contribution in [0.25, 0.3) is 0 Å². The molecule has 0 aliphatic carbocycles. The van der Waals surface area contributed by atoms with Crippen LogP contribution in [0.15, 0.2) is 9.32 Å². The molecule has 0 radical (unpaired) electrons. The van der Waals surface area contributed by atoms with Crippen LogP contribution in [0.2, 0.25) is 0 Å². The summed E-state index contributed by atoms with van der Waals surface area (Å²) < 4.78 is 8.98. The van der Waals surface area contributed by atoms with Crippen LogP contribution in [0.4, 0.5) is 5.95 Å². The van der Waals surface area contributed by atoms with Gasteiger partial charge in [0, 0.05) is 7.05 Å². The molecule has 0 spiro atoms. The summed E-state index contributed by atoms with van der Waals surface area (Å²) >= 11 is 0. The highest BCUT2D eigenvalue weighted by molar-refractivity contribution is 5.74. The van der Waals surface area contributed by atoms with Crippen LogP contribution >= 0.6 is 0 Å². The van der Waals surface area contributed by atoms with E-state index >= 15 is 0 Å². The van der Waals surface area contributed by atoms with Gasteiger partial charge in [0.05, 0.1) is 6.61 Å². The molecule has 78 valence electrons. The Kier molecular flexibility index (Phi) is 3.27. The molecule has 0 amide bonds. The molecule has 1 heterocycles. The van der Waals surface area contributed by atoms with Crippen LogP contribution in [0.5, 0.6) is 0 Å². The lowest BCUT2D eigenvalue weighted by Gasteiger charge is -2.12. The molecule has 7 heteroatoms. The van der Waals surface area contributed by atoms with Crippen molar-refractivity contribution in [3.63, 3.8) is 0 Å². The zero-order chi connectivity index (χ0) is 10.6. The van der Waals surface area contributed by atoms with Gasteiger partial charge >= 0.3 is 11.7 Å². The number of rotatable bonds is 4. The van der Waals surface area contributed by atoms with Crippen LogP contribution in [0.1, 0.15) is 6.92 Å². The van der Waals surface area contributed by atoms with Crippen molar-refractivity contribution in [2.24, 2.45) is 0 Å². The van der Waals surface area contributed by atoms with E-state index < -0.39 is 5.76 Å². The van der Waals surface area contributed by atoms with Crippen LogP contribution in [0, 0.1) is 0 Å². The summed E-state index contributed by atoms with van der Waals surface area (Å²) in [6.45, 7) is 2.05. The maximum atomic E-state index is 11.0. The topological polar surface area (TPSA) is 88.4 Å². The number of hydrogen-bond donors (Lipinski definition) is 1. The fourth-order valence-corrected chi connectivity index (χ4v) is 0.862. The number of carbonyl (C=O) groups is 1. The zero-order valence-corrected chi connectivity index (χ0v) is 7.94. The van der Waals surface area contributed by atoms with Crippen molar-refractivity contribution in [3.8, 4) is 0 Å². The van der Waals surface area contributed by atoms with E-state index in [9.17, 15) is 9.59 Å². The predicted octanol–water partition coefficient (Wildman–Crippen LogP) is -0.638. The van der Waals surface area contributed by atoms with E-state index in [2.05, 4.69) is 14.7 Å². The lowest BCUT2D eigenvalue weighted by molar-refractivity contribution is -0.141. The summed E-state index contributed by atoms with van der Waals surface area (Å²) in [6.07, 6.45) is 0. The summed E-state index contributed by atoms with van der Waals surface area (Å²) in [5.74, 6) is -0.849. The van der Waals surface area contributed by atoms with Crippen molar-refractivity contribution in [1.29, 1.82) is 0 Å². The first-order valence-corrected chi connectivity index (χ1v) is 4.06. The molecule has 14 heavy (non-hydrogen) atoms. The number of nitrogens with one attached hydrogen (secondary N) is 1. The monoisotopic (exact) mass is 201 g/mol. The number of anilines is 1. The van der Waals surface area contributed by atoms with Crippen molar-refractivity contribution in [1.82, 2.24) is 10.1 Å². The zero-order valence-electron chi connectivity index (χ0n) is 7.94. The van der Waals surface area contributed by atoms with Crippen LogP contribution in [-0.2, 0) is 9.53 Å².